The highest BCUT2D eigenvalue weighted by Gasteiger charge is 2.29. The van der Waals surface area contributed by atoms with E-state index in [2.05, 4.69) is 0 Å². The number of rotatable bonds is 9. The van der Waals surface area contributed by atoms with Crippen molar-refractivity contribution in [2.45, 2.75) is 17.9 Å². The Morgan fingerprint density at radius 3 is 2.37 bits per heavy atom. The molecular formula is C26H30N2O6S. The average Bonchev–Trinajstić information content (AvgIpc) is 2.88. The molecule has 1 heterocycles. The van der Waals surface area contributed by atoms with Crippen molar-refractivity contribution in [2.75, 3.05) is 45.9 Å². The zero-order valence-electron chi connectivity index (χ0n) is 19.7. The molecule has 0 amide bonds. The minimum Gasteiger partial charge on any atom is -0.490 e. The molecule has 0 unspecified atom stereocenters. The summed E-state index contributed by atoms with van der Waals surface area (Å²) in [5.74, 6) is 0.250. The van der Waals surface area contributed by atoms with Crippen LogP contribution in [0.5, 0.6) is 5.75 Å². The SMILES string of the molecule is CCOC(=O)c1ccc(S(=O)(=O)N2CCN(C[C@@H](O)COc3cccc4ccccc34)CC2)cc1. The number of nitrogens with zero attached hydrogens (tertiary/aromatic N) is 2. The van der Waals surface area contributed by atoms with Crippen LogP contribution in [0, 0.1) is 0 Å². The topological polar surface area (TPSA) is 96.4 Å². The fraction of sp³-hybridized carbons (Fsp3) is 0.346. The molecule has 1 aliphatic heterocycles. The predicted molar refractivity (Wildman–Crippen MR) is 133 cm³/mol. The summed E-state index contributed by atoms with van der Waals surface area (Å²) in [4.78, 5) is 14.0. The van der Waals surface area contributed by atoms with Crippen molar-refractivity contribution in [1.29, 1.82) is 0 Å². The molecule has 186 valence electrons. The van der Waals surface area contributed by atoms with Crippen molar-refractivity contribution in [1.82, 2.24) is 9.21 Å². The molecule has 8 nitrogen and oxygen atoms in total. The molecule has 35 heavy (non-hydrogen) atoms. The summed E-state index contributed by atoms with van der Waals surface area (Å²) in [5.41, 5.74) is 0.315. The molecule has 4 rings (SSSR count). The molecule has 0 bridgehead atoms. The molecule has 1 fully saturated rings. The van der Waals surface area contributed by atoms with E-state index in [1.165, 1.54) is 28.6 Å². The van der Waals surface area contributed by atoms with Crippen LogP contribution in [-0.4, -0.2) is 80.7 Å². The van der Waals surface area contributed by atoms with Gasteiger partial charge in [-0.3, -0.25) is 4.90 Å². The Morgan fingerprint density at radius 2 is 1.66 bits per heavy atom. The lowest BCUT2D eigenvalue weighted by Crippen LogP contribution is -2.50. The molecule has 0 spiro atoms. The molecule has 3 aromatic rings. The Balaban J connectivity index is 1.28. The van der Waals surface area contributed by atoms with Crippen LogP contribution in [0.25, 0.3) is 10.8 Å². The first-order chi connectivity index (χ1) is 16.9. The van der Waals surface area contributed by atoms with Gasteiger partial charge in [-0.2, -0.15) is 4.31 Å². The van der Waals surface area contributed by atoms with E-state index in [-0.39, 0.29) is 18.1 Å². The van der Waals surface area contributed by atoms with E-state index in [0.29, 0.717) is 38.3 Å². The van der Waals surface area contributed by atoms with E-state index < -0.39 is 22.1 Å². The Kier molecular flexibility index (Phi) is 8.02. The third-order valence-corrected chi connectivity index (χ3v) is 7.90. The van der Waals surface area contributed by atoms with Gasteiger partial charge in [0.15, 0.2) is 0 Å². The van der Waals surface area contributed by atoms with E-state index in [9.17, 15) is 18.3 Å². The summed E-state index contributed by atoms with van der Waals surface area (Å²) in [6, 6.07) is 19.5. The molecule has 1 aliphatic rings. The number of benzene rings is 3. The third kappa shape index (κ3) is 5.99. The first-order valence-electron chi connectivity index (χ1n) is 11.7. The number of hydrogen-bond donors (Lipinski definition) is 1. The Morgan fingerprint density at radius 1 is 0.971 bits per heavy atom. The fourth-order valence-corrected chi connectivity index (χ4v) is 5.56. The van der Waals surface area contributed by atoms with Gasteiger partial charge in [0.1, 0.15) is 18.5 Å². The van der Waals surface area contributed by atoms with Crippen molar-refractivity contribution in [3.63, 3.8) is 0 Å². The van der Waals surface area contributed by atoms with Gasteiger partial charge in [-0.05, 0) is 42.6 Å². The van der Waals surface area contributed by atoms with Gasteiger partial charge in [-0.25, -0.2) is 13.2 Å². The number of β-amino-alcohol motifs (C(OH)–C–C–N with tert-alkyl or cyclic N) is 1. The maximum atomic E-state index is 13.0. The number of ether oxygens (including phenoxy) is 2. The fourth-order valence-electron chi connectivity index (χ4n) is 4.14. The summed E-state index contributed by atoms with van der Waals surface area (Å²) >= 11 is 0. The largest absolute Gasteiger partial charge is 0.490 e. The standard InChI is InChI=1S/C26H30N2O6S/c1-2-33-26(30)21-10-12-23(13-11-21)35(31,32)28-16-14-27(15-17-28)18-22(29)19-34-25-9-5-7-20-6-3-4-8-24(20)25/h3-13,22,29H,2,14-19H2,1H3/t22-/m1/s1. The third-order valence-electron chi connectivity index (χ3n) is 5.98. The number of piperazine rings is 1. The smallest absolute Gasteiger partial charge is 0.338 e. The van der Waals surface area contributed by atoms with E-state index in [4.69, 9.17) is 9.47 Å². The van der Waals surface area contributed by atoms with Crippen molar-refractivity contribution in [3.05, 3.63) is 72.3 Å². The van der Waals surface area contributed by atoms with Gasteiger partial charge < -0.3 is 14.6 Å². The van der Waals surface area contributed by atoms with Crippen LogP contribution in [-0.2, 0) is 14.8 Å². The van der Waals surface area contributed by atoms with Gasteiger partial charge in [0.05, 0.1) is 17.1 Å². The molecule has 9 heteroatoms. The number of esters is 1. The lowest BCUT2D eigenvalue weighted by Gasteiger charge is -2.34. The molecule has 0 aromatic heterocycles. The van der Waals surface area contributed by atoms with Crippen LogP contribution in [0.15, 0.2) is 71.6 Å². The van der Waals surface area contributed by atoms with Gasteiger partial charge in [0, 0.05) is 38.1 Å². The first kappa shape index (κ1) is 25.1. The summed E-state index contributed by atoms with van der Waals surface area (Å²) in [6.45, 7) is 4.17. The van der Waals surface area contributed by atoms with E-state index in [1.807, 2.05) is 47.4 Å². The van der Waals surface area contributed by atoms with Crippen LogP contribution in [0.2, 0.25) is 0 Å². The highest BCUT2D eigenvalue weighted by molar-refractivity contribution is 7.89. The molecule has 1 N–H and O–H groups in total. The Labute approximate surface area is 205 Å². The summed E-state index contributed by atoms with van der Waals surface area (Å²) in [7, 11) is -3.67. The van der Waals surface area contributed by atoms with Crippen molar-refractivity contribution in [2.24, 2.45) is 0 Å². The monoisotopic (exact) mass is 498 g/mol. The molecule has 0 radical (unpaired) electrons. The normalized spacial score (nSPS) is 16.2. The number of carbonyl (C=O) groups excluding carboxylic acids is 1. The van der Waals surface area contributed by atoms with E-state index in [0.717, 1.165) is 16.5 Å². The molecule has 1 saturated heterocycles. The van der Waals surface area contributed by atoms with Crippen molar-refractivity contribution in [3.8, 4) is 5.75 Å². The second-order valence-corrected chi connectivity index (χ2v) is 10.3. The van der Waals surface area contributed by atoms with Gasteiger partial charge in [0.25, 0.3) is 0 Å². The Bertz CT molecular complexity index is 1250. The zero-order chi connectivity index (χ0) is 24.8. The Hall–Kier alpha value is -2.98. The highest BCUT2D eigenvalue weighted by Crippen LogP contribution is 2.25. The van der Waals surface area contributed by atoms with Crippen LogP contribution in [0.4, 0.5) is 0 Å². The minimum absolute atomic E-state index is 0.141. The zero-order valence-corrected chi connectivity index (χ0v) is 20.5. The van der Waals surface area contributed by atoms with Gasteiger partial charge in [0.2, 0.25) is 10.0 Å². The van der Waals surface area contributed by atoms with E-state index >= 15 is 0 Å². The minimum atomic E-state index is -3.67. The van der Waals surface area contributed by atoms with Crippen molar-refractivity contribution < 1.29 is 27.8 Å². The second-order valence-electron chi connectivity index (χ2n) is 8.39. The van der Waals surface area contributed by atoms with Crippen molar-refractivity contribution >= 4 is 26.8 Å². The number of carbonyl (C=O) groups is 1. The number of fused-ring (bicyclic) bond motifs is 1. The van der Waals surface area contributed by atoms with Gasteiger partial charge >= 0.3 is 5.97 Å². The summed E-state index contributed by atoms with van der Waals surface area (Å²) in [5, 5.41) is 12.6. The quantitative estimate of drug-likeness (QED) is 0.453. The lowest BCUT2D eigenvalue weighted by molar-refractivity contribution is 0.0526. The highest BCUT2D eigenvalue weighted by atomic mass is 32.2. The van der Waals surface area contributed by atoms with Crippen LogP contribution >= 0.6 is 0 Å². The van der Waals surface area contributed by atoms with Gasteiger partial charge in [-0.1, -0.05) is 36.4 Å². The first-order valence-corrected chi connectivity index (χ1v) is 13.1. The second kappa shape index (κ2) is 11.2. The molecule has 0 saturated carbocycles. The van der Waals surface area contributed by atoms with E-state index in [1.54, 1.807) is 6.92 Å². The maximum absolute atomic E-state index is 13.0. The average molecular weight is 499 g/mol. The predicted octanol–water partition coefficient (Wildman–Crippen LogP) is 2.76. The number of aliphatic hydroxyl groups is 1. The summed E-state index contributed by atoms with van der Waals surface area (Å²) in [6.07, 6.45) is -0.701. The number of aliphatic hydroxyl groups excluding tert-OH is 1. The van der Waals surface area contributed by atoms with Crippen LogP contribution in [0.3, 0.4) is 0 Å². The summed E-state index contributed by atoms with van der Waals surface area (Å²) < 4.78 is 38.3. The van der Waals surface area contributed by atoms with Crippen LogP contribution < -0.4 is 4.74 Å². The van der Waals surface area contributed by atoms with Gasteiger partial charge in [-0.15, -0.1) is 0 Å². The molecule has 1 atom stereocenters. The maximum Gasteiger partial charge on any atom is 0.338 e. The lowest BCUT2D eigenvalue weighted by atomic mass is 10.1. The van der Waals surface area contributed by atoms with Crippen LogP contribution in [0.1, 0.15) is 17.3 Å². The molecule has 3 aromatic carbocycles. The number of hydrogen-bond acceptors (Lipinski definition) is 7. The molecule has 0 aliphatic carbocycles. The number of sulfonamides is 1. The molecular weight excluding hydrogens is 468 g/mol.